The molecule has 1 unspecified atom stereocenters. The number of hydrogen-bond donors (Lipinski definition) is 0. The molecule has 0 spiro atoms. The zero-order chi connectivity index (χ0) is 13.5. The third-order valence-electron chi connectivity index (χ3n) is 4.18. The van der Waals surface area contributed by atoms with Gasteiger partial charge >= 0.3 is 0 Å². The molecule has 0 aromatic rings. The summed E-state index contributed by atoms with van der Waals surface area (Å²) in [5.74, 6) is 0. The summed E-state index contributed by atoms with van der Waals surface area (Å²) < 4.78 is 0. The lowest BCUT2D eigenvalue weighted by Gasteiger charge is -2.34. The van der Waals surface area contributed by atoms with Gasteiger partial charge in [0, 0.05) is 19.1 Å². The monoisotopic (exact) mass is 242 g/mol. The van der Waals surface area contributed by atoms with Crippen molar-refractivity contribution in [3.05, 3.63) is 0 Å². The lowest BCUT2D eigenvalue weighted by molar-refractivity contribution is 0.144. The summed E-state index contributed by atoms with van der Waals surface area (Å²) >= 11 is 0. The van der Waals surface area contributed by atoms with Crippen LogP contribution in [0.2, 0.25) is 0 Å². The minimum Gasteiger partial charge on any atom is -0.303 e. The number of likely N-dealkylation sites (tertiary alicyclic amines) is 1. The van der Waals surface area contributed by atoms with Gasteiger partial charge in [0.25, 0.3) is 0 Å². The van der Waals surface area contributed by atoms with Crippen LogP contribution in [0.15, 0.2) is 0 Å². The third-order valence-corrected chi connectivity index (χ3v) is 4.18. The SMILES string of the molecule is CC.CCN1CCC(CC)(CN(C)C(C)C)C1. The van der Waals surface area contributed by atoms with E-state index >= 15 is 0 Å². The third kappa shape index (κ3) is 4.97. The molecule has 17 heavy (non-hydrogen) atoms. The van der Waals surface area contributed by atoms with Gasteiger partial charge in [-0.25, -0.2) is 0 Å². The molecular formula is C15H34N2. The van der Waals surface area contributed by atoms with Crippen molar-refractivity contribution in [2.75, 3.05) is 33.2 Å². The molecule has 2 nitrogen and oxygen atoms in total. The highest BCUT2D eigenvalue weighted by Crippen LogP contribution is 2.34. The van der Waals surface area contributed by atoms with Gasteiger partial charge in [0.05, 0.1) is 0 Å². The van der Waals surface area contributed by atoms with Gasteiger partial charge in [-0.15, -0.1) is 0 Å². The molecule has 0 amide bonds. The molecule has 2 heteroatoms. The van der Waals surface area contributed by atoms with Crippen LogP contribution in [0, 0.1) is 5.41 Å². The van der Waals surface area contributed by atoms with Gasteiger partial charge < -0.3 is 9.80 Å². The fourth-order valence-electron chi connectivity index (χ4n) is 2.54. The van der Waals surface area contributed by atoms with E-state index in [0.717, 1.165) is 0 Å². The van der Waals surface area contributed by atoms with Crippen LogP contribution in [0.3, 0.4) is 0 Å². The number of hydrogen-bond acceptors (Lipinski definition) is 2. The first-order chi connectivity index (χ1) is 8.03. The fraction of sp³-hybridized carbons (Fsp3) is 1.00. The Morgan fingerprint density at radius 3 is 2.18 bits per heavy atom. The molecule has 1 fully saturated rings. The van der Waals surface area contributed by atoms with Crippen molar-refractivity contribution in [3.63, 3.8) is 0 Å². The van der Waals surface area contributed by atoms with E-state index in [2.05, 4.69) is 44.5 Å². The fourth-order valence-corrected chi connectivity index (χ4v) is 2.54. The lowest BCUT2D eigenvalue weighted by atomic mass is 9.83. The van der Waals surface area contributed by atoms with Crippen LogP contribution in [-0.2, 0) is 0 Å². The van der Waals surface area contributed by atoms with Crippen LogP contribution >= 0.6 is 0 Å². The molecule has 1 aliphatic heterocycles. The van der Waals surface area contributed by atoms with Crippen molar-refractivity contribution in [3.8, 4) is 0 Å². The molecule has 1 rings (SSSR count). The first-order valence-corrected chi connectivity index (χ1v) is 7.45. The standard InChI is InChI=1S/C13H28N2.C2H6/c1-6-13(10-14(5)12(3)4)8-9-15(7-2)11-13;1-2/h12H,6-11H2,1-5H3;1-2H3. The van der Waals surface area contributed by atoms with Gasteiger partial charge in [0.15, 0.2) is 0 Å². The molecule has 0 aromatic heterocycles. The molecule has 1 atom stereocenters. The summed E-state index contributed by atoms with van der Waals surface area (Å²) in [6.45, 7) is 18.3. The summed E-state index contributed by atoms with van der Waals surface area (Å²) in [6.07, 6.45) is 2.70. The number of nitrogens with zero attached hydrogens (tertiary/aromatic N) is 2. The average Bonchev–Trinajstić information content (AvgIpc) is 2.75. The maximum atomic E-state index is 2.59. The molecule has 0 aromatic carbocycles. The van der Waals surface area contributed by atoms with Crippen LogP contribution < -0.4 is 0 Å². The zero-order valence-corrected chi connectivity index (χ0v) is 13.2. The van der Waals surface area contributed by atoms with Gasteiger partial charge in [-0.2, -0.15) is 0 Å². The highest BCUT2D eigenvalue weighted by Gasteiger charge is 2.36. The van der Waals surface area contributed by atoms with E-state index in [9.17, 15) is 0 Å². The van der Waals surface area contributed by atoms with Gasteiger partial charge in [0.1, 0.15) is 0 Å². The van der Waals surface area contributed by atoms with Crippen LogP contribution in [0.1, 0.15) is 54.4 Å². The Balaban J connectivity index is 0.00000121. The number of rotatable bonds is 5. The van der Waals surface area contributed by atoms with Crippen molar-refractivity contribution in [2.24, 2.45) is 5.41 Å². The molecule has 1 saturated heterocycles. The van der Waals surface area contributed by atoms with Gasteiger partial charge in [-0.3, -0.25) is 0 Å². The molecule has 0 saturated carbocycles. The van der Waals surface area contributed by atoms with E-state index in [1.807, 2.05) is 13.8 Å². The van der Waals surface area contributed by atoms with E-state index < -0.39 is 0 Å². The van der Waals surface area contributed by atoms with Crippen LogP contribution in [0.4, 0.5) is 0 Å². The Morgan fingerprint density at radius 2 is 1.82 bits per heavy atom. The maximum Gasteiger partial charge on any atom is 0.00505 e. The second-order valence-electron chi connectivity index (χ2n) is 5.48. The second-order valence-corrected chi connectivity index (χ2v) is 5.48. The highest BCUT2D eigenvalue weighted by atomic mass is 15.2. The molecule has 0 N–H and O–H groups in total. The topological polar surface area (TPSA) is 6.48 Å². The first kappa shape index (κ1) is 16.9. The van der Waals surface area contributed by atoms with E-state index in [0.29, 0.717) is 11.5 Å². The van der Waals surface area contributed by atoms with Crippen LogP contribution in [-0.4, -0.2) is 49.1 Å². The second kappa shape index (κ2) is 8.10. The Morgan fingerprint density at radius 1 is 1.24 bits per heavy atom. The maximum absolute atomic E-state index is 2.59. The first-order valence-electron chi connectivity index (χ1n) is 7.45. The van der Waals surface area contributed by atoms with Crippen molar-refractivity contribution >= 4 is 0 Å². The summed E-state index contributed by atoms with van der Waals surface area (Å²) in [4.78, 5) is 5.10. The zero-order valence-electron chi connectivity index (χ0n) is 13.2. The average molecular weight is 242 g/mol. The van der Waals surface area contributed by atoms with Crippen molar-refractivity contribution in [2.45, 2.75) is 60.4 Å². The van der Waals surface area contributed by atoms with E-state index in [4.69, 9.17) is 0 Å². The predicted octanol–water partition coefficient (Wildman–Crippen LogP) is 3.47. The summed E-state index contributed by atoms with van der Waals surface area (Å²) in [5.41, 5.74) is 0.565. The molecule has 0 aliphatic carbocycles. The highest BCUT2D eigenvalue weighted by molar-refractivity contribution is 4.91. The quantitative estimate of drug-likeness (QED) is 0.728. The van der Waals surface area contributed by atoms with Crippen LogP contribution in [0.5, 0.6) is 0 Å². The van der Waals surface area contributed by atoms with Gasteiger partial charge in [-0.05, 0) is 52.2 Å². The van der Waals surface area contributed by atoms with Crippen molar-refractivity contribution in [1.29, 1.82) is 0 Å². The van der Waals surface area contributed by atoms with Crippen molar-refractivity contribution in [1.82, 2.24) is 9.80 Å². The van der Waals surface area contributed by atoms with E-state index in [-0.39, 0.29) is 0 Å². The molecule has 1 heterocycles. The van der Waals surface area contributed by atoms with Crippen LogP contribution in [0.25, 0.3) is 0 Å². The largest absolute Gasteiger partial charge is 0.303 e. The van der Waals surface area contributed by atoms with Gasteiger partial charge in [-0.1, -0.05) is 27.7 Å². The lowest BCUT2D eigenvalue weighted by Crippen LogP contribution is -2.40. The molecule has 0 bridgehead atoms. The minimum atomic E-state index is 0.565. The normalized spacial score (nSPS) is 25.2. The molecule has 104 valence electrons. The molecule has 0 radical (unpaired) electrons. The smallest absolute Gasteiger partial charge is 0.00505 e. The molecule has 1 aliphatic rings. The van der Waals surface area contributed by atoms with E-state index in [1.54, 1.807) is 0 Å². The van der Waals surface area contributed by atoms with Crippen molar-refractivity contribution < 1.29 is 0 Å². The minimum absolute atomic E-state index is 0.565. The molecular weight excluding hydrogens is 208 g/mol. The van der Waals surface area contributed by atoms with E-state index in [1.165, 1.54) is 39.0 Å². The predicted molar refractivity (Wildman–Crippen MR) is 78.6 cm³/mol. The Bertz CT molecular complexity index is 191. The Labute approximate surface area is 109 Å². The summed E-state index contributed by atoms with van der Waals surface area (Å²) in [6, 6.07) is 0.670. The Kier molecular flexibility index (Phi) is 8.06. The summed E-state index contributed by atoms with van der Waals surface area (Å²) in [7, 11) is 2.26. The Hall–Kier alpha value is -0.0800. The van der Waals surface area contributed by atoms with Gasteiger partial charge in [0.2, 0.25) is 0 Å². The summed E-state index contributed by atoms with van der Waals surface area (Å²) in [5, 5.41) is 0.